The Morgan fingerprint density at radius 3 is 2.50 bits per heavy atom. The highest BCUT2D eigenvalue weighted by Gasteiger charge is 2.11. The van der Waals surface area contributed by atoms with Crippen LogP contribution in [-0.4, -0.2) is 33.5 Å². The van der Waals surface area contributed by atoms with Crippen molar-refractivity contribution in [2.45, 2.75) is 24.3 Å². The predicted molar refractivity (Wildman–Crippen MR) is 124 cm³/mol. The van der Waals surface area contributed by atoms with Gasteiger partial charge in [-0.2, -0.15) is 0 Å². The van der Waals surface area contributed by atoms with Crippen LogP contribution in [0.25, 0.3) is 5.69 Å². The van der Waals surface area contributed by atoms with Gasteiger partial charge in [0.05, 0.1) is 23.1 Å². The zero-order chi connectivity index (χ0) is 21.7. The molecule has 0 spiro atoms. The molecule has 156 valence electrons. The number of carbonyl (C=O) groups excluding carboxylic acids is 2. The molecule has 0 unspecified atom stereocenters. The molecule has 3 rings (SSSR count). The summed E-state index contributed by atoms with van der Waals surface area (Å²) in [5, 5.41) is 7.89. The summed E-state index contributed by atoms with van der Waals surface area (Å²) in [6.45, 7) is 3.58. The Labute approximate surface area is 192 Å². The molecule has 0 radical (unpaired) electrons. The van der Waals surface area contributed by atoms with Crippen LogP contribution < -0.4 is 5.32 Å². The number of aromatic nitrogens is 2. The second-order valence-corrected chi connectivity index (χ2v) is 9.67. The SMILES string of the molecule is CC(C)OC(=O)c1ccc(NC(=O)CSc2nn(-c3ccc(Cl)cc3)c(=S)s2)cc1. The molecular weight excluding hydrogens is 462 g/mol. The number of nitrogens with one attached hydrogen (secondary N) is 1. The van der Waals surface area contributed by atoms with Crippen LogP contribution in [0.1, 0.15) is 24.2 Å². The second-order valence-electron chi connectivity index (χ2n) is 6.39. The van der Waals surface area contributed by atoms with E-state index in [9.17, 15) is 9.59 Å². The molecule has 3 aromatic rings. The van der Waals surface area contributed by atoms with E-state index in [1.54, 1.807) is 54.9 Å². The van der Waals surface area contributed by atoms with E-state index in [1.807, 2.05) is 12.1 Å². The minimum Gasteiger partial charge on any atom is -0.459 e. The van der Waals surface area contributed by atoms with Gasteiger partial charge < -0.3 is 10.1 Å². The molecule has 0 saturated heterocycles. The number of thioether (sulfide) groups is 1. The van der Waals surface area contributed by atoms with Gasteiger partial charge in [-0.05, 0) is 74.6 Å². The number of esters is 1. The van der Waals surface area contributed by atoms with Crippen LogP contribution in [-0.2, 0) is 9.53 Å². The lowest BCUT2D eigenvalue weighted by Crippen LogP contribution is -2.14. The highest BCUT2D eigenvalue weighted by atomic mass is 35.5. The number of hydrogen-bond acceptors (Lipinski definition) is 7. The molecular formula is C20H18ClN3O3S3. The number of nitrogens with zero attached hydrogens (tertiary/aromatic N) is 2. The molecule has 10 heteroatoms. The average molecular weight is 480 g/mol. The Bertz CT molecular complexity index is 1090. The molecule has 0 aliphatic carbocycles. The summed E-state index contributed by atoms with van der Waals surface area (Å²) in [6.07, 6.45) is -0.186. The monoisotopic (exact) mass is 479 g/mol. The van der Waals surface area contributed by atoms with Gasteiger partial charge in [-0.15, -0.1) is 5.10 Å². The lowest BCUT2D eigenvalue weighted by atomic mass is 10.2. The van der Waals surface area contributed by atoms with Crippen molar-refractivity contribution >= 4 is 64.5 Å². The van der Waals surface area contributed by atoms with Crippen LogP contribution in [0.3, 0.4) is 0 Å². The maximum atomic E-state index is 12.3. The summed E-state index contributed by atoms with van der Waals surface area (Å²) in [4.78, 5) is 24.1. The Balaban J connectivity index is 1.56. The highest BCUT2D eigenvalue weighted by molar-refractivity contribution is 8.01. The van der Waals surface area contributed by atoms with Crippen LogP contribution in [0, 0.1) is 3.95 Å². The largest absolute Gasteiger partial charge is 0.459 e. The first-order chi connectivity index (χ1) is 14.3. The first-order valence-corrected chi connectivity index (χ1v) is 11.5. The van der Waals surface area contributed by atoms with Crippen molar-refractivity contribution in [1.29, 1.82) is 0 Å². The van der Waals surface area contributed by atoms with Gasteiger partial charge >= 0.3 is 5.97 Å². The average Bonchev–Trinajstić information content (AvgIpc) is 3.07. The van der Waals surface area contributed by atoms with E-state index < -0.39 is 5.97 Å². The zero-order valence-electron chi connectivity index (χ0n) is 16.1. The molecule has 2 aromatic carbocycles. The lowest BCUT2D eigenvalue weighted by molar-refractivity contribution is -0.113. The zero-order valence-corrected chi connectivity index (χ0v) is 19.3. The predicted octanol–water partition coefficient (Wildman–Crippen LogP) is 5.61. The Morgan fingerprint density at radius 1 is 1.20 bits per heavy atom. The van der Waals surface area contributed by atoms with Crippen LogP contribution in [0.4, 0.5) is 5.69 Å². The number of ether oxygens (including phenoxy) is 1. The number of benzene rings is 2. The molecule has 0 aliphatic heterocycles. The molecule has 0 saturated carbocycles. The number of anilines is 1. The quantitative estimate of drug-likeness (QED) is 0.269. The van der Waals surface area contributed by atoms with E-state index >= 15 is 0 Å². The Kier molecular flexibility index (Phi) is 7.65. The summed E-state index contributed by atoms with van der Waals surface area (Å²) in [5.74, 6) is -0.396. The standard InChI is InChI=1S/C20H18ClN3O3S3/c1-12(2)27-18(26)13-3-7-15(8-4-13)22-17(25)11-29-19-23-24(20(28)30-19)16-9-5-14(21)6-10-16/h3-10,12H,11H2,1-2H3,(H,22,25). The normalized spacial score (nSPS) is 10.8. The van der Waals surface area contributed by atoms with Gasteiger partial charge in [0.15, 0.2) is 8.29 Å². The lowest BCUT2D eigenvalue weighted by Gasteiger charge is -2.09. The van der Waals surface area contributed by atoms with Gasteiger partial charge in [0, 0.05) is 10.7 Å². The van der Waals surface area contributed by atoms with E-state index in [4.69, 9.17) is 28.6 Å². The molecule has 6 nitrogen and oxygen atoms in total. The molecule has 1 heterocycles. The number of hydrogen-bond donors (Lipinski definition) is 1. The van der Waals surface area contributed by atoms with Gasteiger partial charge in [0.25, 0.3) is 0 Å². The topological polar surface area (TPSA) is 73.2 Å². The number of amides is 1. The first-order valence-electron chi connectivity index (χ1n) is 8.91. The molecule has 30 heavy (non-hydrogen) atoms. The van der Waals surface area contributed by atoms with E-state index in [-0.39, 0.29) is 17.8 Å². The van der Waals surface area contributed by atoms with Gasteiger partial charge in [-0.3, -0.25) is 4.79 Å². The maximum absolute atomic E-state index is 12.3. The molecule has 0 aliphatic rings. The van der Waals surface area contributed by atoms with Crippen molar-refractivity contribution in [2.24, 2.45) is 0 Å². The molecule has 1 N–H and O–H groups in total. The third-order valence-corrected chi connectivity index (χ3v) is 6.29. The Morgan fingerprint density at radius 2 is 1.87 bits per heavy atom. The summed E-state index contributed by atoms with van der Waals surface area (Å²) in [7, 11) is 0. The molecule has 1 amide bonds. The number of carbonyl (C=O) groups is 2. The fourth-order valence-electron chi connectivity index (χ4n) is 2.36. The van der Waals surface area contributed by atoms with Gasteiger partial charge in [0.1, 0.15) is 0 Å². The Hall–Kier alpha value is -2.20. The van der Waals surface area contributed by atoms with E-state index in [2.05, 4.69) is 10.4 Å². The third-order valence-electron chi connectivity index (χ3n) is 3.67. The molecule has 0 fully saturated rings. The highest BCUT2D eigenvalue weighted by Crippen LogP contribution is 2.25. The van der Waals surface area contributed by atoms with Crippen molar-refractivity contribution in [2.75, 3.05) is 11.1 Å². The molecule has 1 aromatic heterocycles. The number of halogens is 1. The van der Waals surface area contributed by atoms with Crippen LogP contribution >= 0.6 is 46.9 Å². The third kappa shape index (κ3) is 6.15. The minimum absolute atomic E-state index is 0.181. The maximum Gasteiger partial charge on any atom is 0.338 e. The summed E-state index contributed by atoms with van der Waals surface area (Å²) in [5.41, 5.74) is 1.85. The first kappa shape index (κ1) is 22.5. The minimum atomic E-state index is -0.393. The molecule has 0 bridgehead atoms. The second kappa shape index (κ2) is 10.2. The fraction of sp³-hybridized carbons (Fsp3) is 0.200. The summed E-state index contributed by atoms with van der Waals surface area (Å²) < 4.78 is 8.06. The summed E-state index contributed by atoms with van der Waals surface area (Å²) in [6, 6.07) is 13.8. The summed E-state index contributed by atoms with van der Waals surface area (Å²) >= 11 is 13.9. The van der Waals surface area contributed by atoms with Crippen molar-refractivity contribution in [3.8, 4) is 5.69 Å². The van der Waals surface area contributed by atoms with E-state index in [0.717, 1.165) is 5.69 Å². The fourth-order valence-corrected chi connectivity index (χ4v) is 4.65. The van der Waals surface area contributed by atoms with Crippen molar-refractivity contribution in [3.63, 3.8) is 0 Å². The number of rotatable bonds is 7. The van der Waals surface area contributed by atoms with Gasteiger partial charge in [-0.25, -0.2) is 9.48 Å². The van der Waals surface area contributed by atoms with Crippen LogP contribution in [0.15, 0.2) is 52.9 Å². The van der Waals surface area contributed by atoms with E-state index in [1.165, 1.54) is 23.1 Å². The van der Waals surface area contributed by atoms with Gasteiger partial charge in [0.2, 0.25) is 5.91 Å². The van der Waals surface area contributed by atoms with Crippen LogP contribution in [0.2, 0.25) is 5.02 Å². The smallest absolute Gasteiger partial charge is 0.338 e. The van der Waals surface area contributed by atoms with Crippen molar-refractivity contribution in [1.82, 2.24) is 9.78 Å². The molecule has 0 atom stereocenters. The van der Waals surface area contributed by atoms with E-state index in [0.29, 0.717) is 24.6 Å². The van der Waals surface area contributed by atoms with Crippen molar-refractivity contribution in [3.05, 3.63) is 63.1 Å². The van der Waals surface area contributed by atoms with Crippen molar-refractivity contribution < 1.29 is 14.3 Å². The van der Waals surface area contributed by atoms with Crippen LogP contribution in [0.5, 0.6) is 0 Å². The van der Waals surface area contributed by atoms with Gasteiger partial charge in [-0.1, -0.05) is 34.7 Å².